The normalized spacial score (nSPS) is 10.3. The summed E-state index contributed by atoms with van der Waals surface area (Å²) in [6.07, 6.45) is 0.530. The highest BCUT2D eigenvalue weighted by atomic mass is 35.5. The van der Waals surface area contributed by atoms with E-state index in [4.69, 9.17) is 16.0 Å². The Balaban J connectivity index is 2.59. The van der Waals surface area contributed by atoms with Gasteiger partial charge >= 0.3 is 5.97 Å². The fourth-order valence-corrected chi connectivity index (χ4v) is 1.92. The molecule has 0 aliphatic heterocycles. The molecular weight excluding hydrogens is 275 g/mol. The van der Waals surface area contributed by atoms with Crippen LogP contribution >= 0.6 is 11.6 Å². The van der Waals surface area contributed by atoms with Crippen LogP contribution in [0.1, 0.15) is 20.9 Å². The molecule has 0 aliphatic rings. The summed E-state index contributed by atoms with van der Waals surface area (Å²) in [4.78, 5) is 22.0. The van der Waals surface area contributed by atoms with Gasteiger partial charge in [0.25, 0.3) is 0 Å². The SMILES string of the molecule is COC(=O)c1c(F)ccc(-c2ccc(C=O)o2)c1Cl. The first kappa shape index (κ1) is 13.3. The maximum atomic E-state index is 13.6. The summed E-state index contributed by atoms with van der Waals surface area (Å²) in [5, 5.41) is -0.126. The van der Waals surface area contributed by atoms with Crippen LogP contribution in [0.4, 0.5) is 4.39 Å². The maximum absolute atomic E-state index is 13.6. The number of aldehydes is 1. The van der Waals surface area contributed by atoms with Gasteiger partial charge in [0.15, 0.2) is 12.0 Å². The average molecular weight is 283 g/mol. The molecule has 0 saturated carbocycles. The molecule has 0 unspecified atom stereocenters. The number of furan rings is 1. The standard InChI is InChI=1S/C13H8ClFO4/c1-18-13(17)11-9(15)4-3-8(12(11)14)10-5-2-7(6-16)19-10/h2-6H,1H3. The molecule has 1 aromatic carbocycles. The number of carbonyl (C=O) groups excluding carboxylic acids is 2. The van der Waals surface area contributed by atoms with Crippen LogP contribution in [0, 0.1) is 5.82 Å². The average Bonchev–Trinajstić information content (AvgIpc) is 2.87. The molecule has 98 valence electrons. The van der Waals surface area contributed by atoms with Crippen molar-refractivity contribution in [2.45, 2.75) is 0 Å². The van der Waals surface area contributed by atoms with Crippen molar-refractivity contribution < 1.29 is 23.1 Å². The molecule has 0 bridgehead atoms. The Kier molecular flexibility index (Phi) is 3.66. The van der Waals surface area contributed by atoms with Crippen molar-refractivity contribution in [3.8, 4) is 11.3 Å². The number of rotatable bonds is 3. The molecule has 0 aliphatic carbocycles. The van der Waals surface area contributed by atoms with E-state index in [0.29, 0.717) is 11.8 Å². The Morgan fingerprint density at radius 3 is 2.68 bits per heavy atom. The van der Waals surface area contributed by atoms with Gasteiger partial charge < -0.3 is 9.15 Å². The Hall–Kier alpha value is -2.14. The van der Waals surface area contributed by atoms with Crippen molar-refractivity contribution in [1.82, 2.24) is 0 Å². The maximum Gasteiger partial charge on any atom is 0.342 e. The van der Waals surface area contributed by atoms with Crippen LogP contribution in [0.3, 0.4) is 0 Å². The van der Waals surface area contributed by atoms with E-state index in [0.717, 1.165) is 13.2 Å². The summed E-state index contributed by atoms with van der Waals surface area (Å²) >= 11 is 5.99. The summed E-state index contributed by atoms with van der Waals surface area (Å²) in [7, 11) is 1.13. The van der Waals surface area contributed by atoms with Crippen LogP contribution in [0.5, 0.6) is 0 Å². The van der Waals surface area contributed by atoms with Crippen LogP contribution in [0.15, 0.2) is 28.7 Å². The number of ether oxygens (including phenoxy) is 1. The van der Waals surface area contributed by atoms with Gasteiger partial charge in [-0.1, -0.05) is 11.6 Å². The number of carbonyl (C=O) groups is 2. The minimum atomic E-state index is -0.883. The van der Waals surface area contributed by atoms with E-state index in [1.807, 2.05) is 0 Å². The Morgan fingerprint density at radius 1 is 1.37 bits per heavy atom. The zero-order valence-electron chi connectivity index (χ0n) is 9.78. The third kappa shape index (κ3) is 2.37. The van der Waals surface area contributed by atoms with Crippen LogP contribution in [0.25, 0.3) is 11.3 Å². The second-order valence-corrected chi connectivity index (χ2v) is 3.97. The first-order chi connectivity index (χ1) is 9.08. The fourth-order valence-electron chi connectivity index (χ4n) is 1.59. The molecule has 0 N–H and O–H groups in total. The molecule has 0 amide bonds. The van der Waals surface area contributed by atoms with Gasteiger partial charge in [0, 0.05) is 5.56 Å². The third-order valence-corrected chi connectivity index (χ3v) is 2.88. The van der Waals surface area contributed by atoms with E-state index in [1.54, 1.807) is 0 Å². The molecule has 0 atom stereocenters. The highest BCUT2D eigenvalue weighted by Gasteiger charge is 2.21. The van der Waals surface area contributed by atoms with Crippen molar-refractivity contribution >= 4 is 23.9 Å². The molecule has 2 aromatic rings. The van der Waals surface area contributed by atoms with Gasteiger partial charge in [-0.05, 0) is 24.3 Å². The molecule has 1 aromatic heterocycles. The molecule has 1 heterocycles. The Morgan fingerprint density at radius 2 is 2.11 bits per heavy atom. The van der Waals surface area contributed by atoms with E-state index < -0.39 is 11.8 Å². The minimum Gasteiger partial charge on any atom is -0.465 e. The largest absolute Gasteiger partial charge is 0.465 e. The lowest BCUT2D eigenvalue weighted by atomic mass is 10.1. The van der Waals surface area contributed by atoms with Crippen LogP contribution < -0.4 is 0 Å². The van der Waals surface area contributed by atoms with Gasteiger partial charge in [-0.2, -0.15) is 0 Å². The lowest BCUT2D eigenvalue weighted by Gasteiger charge is -2.07. The third-order valence-electron chi connectivity index (χ3n) is 2.49. The first-order valence-electron chi connectivity index (χ1n) is 5.20. The second-order valence-electron chi connectivity index (χ2n) is 3.60. The summed E-state index contributed by atoms with van der Waals surface area (Å²) < 4.78 is 23.2. The lowest BCUT2D eigenvalue weighted by Crippen LogP contribution is -2.06. The second kappa shape index (κ2) is 5.24. The first-order valence-corrected chi connectivity index (χ1v) is 5.58. The van der Waals surface area contributed by atoms with E-state index in [1.165, 1.54) is 18.2 Å². The number of hydrogen-bond donors (Lipinski definition) is 0. The van der Waals surface area contributed by atoms with Gasteiger partial charge in [0.1, 0.15) is 17.1 Å². The molecule has 4 nitrogen and oxygen atoms in total. The monoisotopic (exact) mass is 282 g/mol. The van der Waals surface area contributed by atoms with Gasteiger partial charge in [0.2, 0.25) is 0 Å². The van der Waals surface area contributed by atoms with E-state index in [2.05, 4.69) is 4.74 Å². The molecule has 19 heavy (non-hydrogen) atoms. The minimum absolute atomic E-state index is 0.106. The predicted molar refractivity (Wildman–Crippen MR) is 65.8 cm³/mol. The predicted octanol–water partition coefficient (Wildman–Crippen LogP) is 3.34. The lowest BCUT2D eigenvalue weighted by molar-refractivity contribution is 0.0595. The van der Waals surface area contributed by atoms with Gasteiger partial charge in [-0.15, -0.1) is 0 Å². The van der Waals surface area contributed by atoms with E-state index >= 15 is 0 Å². The number of halogens is 2. The smallest absolute Gasteiger partial charge is 0.342 e. The molecule has 0 spiro atoms. The molecule has 0 radical (unpaired) electrons. The van der Waals surface area contributed by atoms with Crippen molar-refractivity contribution in [2.24, 2.45) is 0 Å². The van der Waals surface area contributed by atoms with Gasteiger partial charge in [-0.25, -0.2) is 9.18 Å². The van der Waals surface area contributed by atoms with Crippen molar-refractivity contribution in [1.29, 1.82) is 0 Å². The number of esters is 1. The van der Waals surface area contributed by atoms with Crippen LogP contribution in [-0.2, 0) is 4.74 Å². The Bertz CT molecular complexity index is 648. The summed E-state index contributed by atoms with van der Waals surface area (Å²) in [6, 6.07) is 5.39. The number of benzene rings is 1. The van der Waals surface area contributed by atoms with Crippen molar-refractivity contribution in [2.75, 3.05) is 7.11 Å². The summed E-state index contributed by atoms with van der Waals surface area (Å²) in [6.45, 7) is 0. The molecule has 0 fully saturated rings. The molecule has 6 heteroatoms. The highest BCUT2D eigenvalue weighted by Crippen LogP contribution is 2.33. The quantitative estimate of drug-likeness (QED) is 0.640. The summed E-state index contributed by atoms with van der Waals surface area (Å²) in [5.74, 6) is -1.30. The van der Waals surface area contributed by atoms with Gasteiger partial charge in [0.05, 0.1) is 12.1 Å². The van der Waals surface area contributed by atoms with E-state index in [-0.39, 0.29) is 22.1 Å². The Labute approximate surface area is 112 Å². The summed E-state index contributed by atoms with van der Waals surface area (Å²) in [5.41, 5.74) is -0.0673. The zero-order chi connectivity index (χ0) is 14.0. The molecule has 2 rings (SSSR count). The van der Waals surface area contributed by atoms with Crippen LogP contribution in [-0.4, -0.2) is 19.4 Å². The van der Waals surface area contributed by atoms with Crippen LogP contribution in [0.2, 0.25) is 5.02 Å². The molecular formula is C13H8ClFO4. The number of methoxy groups -OCH3 is 1. The zero-order valence-corrected chi connectivity index (χ0v) is 10.5. The topological polar surface area (TPSA) is 56.5 Å². The fraction of sp³-hybridized carbons (Fsp3) is 0.0769. The van der Waals surface area contributed by atoms with Crippen molar-refractivity contribution in [3.05, 3.63) is 46.4 Å². The van der Waals surface area contributed by atoms with Gasteiger partial charge in [-0.3, -0.25) is 4.79 Å². The molecule has 0 saturated heterocycles. The van der Waals surface area contributed by atoms with E-state index in [9.17, 15) is 14.0 Å². The highest BCUT2D eigenvalue weighted by molar-refractivity contribution is 6.36. The number of hydrogen-bond acceptors (Lipinski definition) is 4. The van der Waals surface area contributed by atoms with Crippen molar-refractivity contribution in [3.63, 3.8) is 0 Å².